The second-order valence-electron chi connectivity index (χ2n) is 7.77. The van der Waals surface area contributed by atoms with Gasteiger partial charge in [-0.05, 0) is 41.3 Å². The summed E-state index contributed by atoms with van der Waals surface area (Å²) in [5, 5.41) is 2.72. The third-order valence-corrected chi connectivity index (χ3v) is 5.45. The van der Waals surface area contributed by atoms with Gasteiger partial charge in [0.15, 0.2) is 5.78 Å². The number of carbonyl (C=O) groups is 3. The lowest BCUT2D eigenvalue weighted by Crippen LogP contribution is -2.32. The van der Waals surface area contributed by atoms with Crippen molar-refractivity contribution in [2.75, 3.05) is 6.54 Å². The highest BCUT2D eigenvalue weighted by atomic mass is 16.2. The van der Waals surface area contributed by atoms with E-state index in [0.29, 0.717) is 23.1 Å². The molecule has 2 amide bonds. The summed E-state index contributed by atoms with van der Waals surface area (Å²) in [4.78, 5) is 37.8. The monoisotopic (exact) mass is 440 g/mol. The highest BCUT2D eigenvalue weighted by molar-refractivity contribution is 6.01. The lowest BCUT2D eigenvalue weighted by molar-refractivity contribution is -0.119. The van der Waals surface area contributed by atoms with E-state index in [2.05, 4.69) is 5.32 Å². The van der Waals surface area contributed by atoms with Crippen molar-refractivity contribution in [1.29, 1.82) is 0 Å². The zero-order chi connectivity index (χ0) is 23.6. The number of rotatable bonds is 10. The van der Waals surface area contributed by atoms with Crippen LogP contribution in [0.2, 0.25) is 0 Å². The molecule has 0 radical (unpaired) electrons. The molecule has 5 heteroatoms. The van der Waals surface area contributed by atoms with Gasteiger partial charge in [0, 0.05) is 17.0 Å². The number of benzene rings is 3. The van der Waals surface area contributed by atoms with Gasteiger partial charge in [-0.2, -0.15) is 0 Å². The van der Waals surface area contributed by atoms with Crippen molar-refractivity contribution in [3.63, 3.8) is 0 Å². The predicted molar refractivity (Wildman–Crippen MR) is 132 cm³/mol. The molecule has 0 aliphatic carbocycles. The van der Waals surface area contributed by atoms with E-state index >= 15 is 0 Å². The van der Waals surface area contributed by atoms with Gasteiger partial charge in [-0.15, -0.1) is 0 Å². The maximum Gasteiger partial charge on any atom is 0.251 e. The number of ketones is 1. The van der Waals surface area contributed by atoms with Crippen molar-refractivity contribution in [1.82, 2.24) is 5.32 Å². The van der Waals surface area contributed by atoms with Gasteiger partial charge in [0.2, 0.25) is 5.91 Å². The zero-order valence-electron chi connectivity index (χ0n) is 18.7. The molecule has 0 aromatic heterocycles. The molecule has 0 bridgehead atoms. The fourth-order valence-corrected chi connectivity index (χ4v) is 3.79. The highest BCUT2D eigenvalue weighted by Crippen LogP contribution is 2.29. The number of amides is 2. The van der Waals surface area contributed by atoms with Crippen LogP contribution in [0, 0.1) is 0 Å². The Morgan fingerprint density at radius 3 is 2.18 bits per heavy atom. The molecule has 0 saturated heterocycles. The minimum Gasteiger partial charge on any atom is -0.366 e. The predicted octanol–water partition coefficient (Wildman–Crippen LogP) is 4.84. The molecule has 33 heavy (non-hydrogen) atoms. The van der Waals surface area contributed by atoms with Crippen LogP contribution >= 0.6 is 0 Å². The molecular formula is C28H28N2O3. The summed E-state index contributed by atoms with van der Waals surface area (Å²) in [6, 6.07) is 23.7. The minimum absolute atomic E-state index is 0.0962. The van der Waals surface area contributed by atoms with Crippen molar-refractivity contribution < 1.29 is 14.4 Å². The van der Waals surface area contributed by atoms with Crippen LogP contribution in [0.3, 0.4) is 0 Å². The van der Waals surface area contributed by atoms with Gasteiger partial charge < -0.3 is 11.1 Å². The molecule has 3 aromatic carbocycles. The second kappa shape index (κ2) is 11.6. The normalized spacial score (nSPS) is 11.8. The van der Waals surface area contributed by atoms with Crippen molar-refractivity contribution in [2.24, 2.45) is 5.73 Å². The smallest absolute Gasteiger partial charge is 0.251 e. The Labute approximate surface area is 194 Å². The summed E-state index contributed by atoms with van der Waals surface area (Å²) < 4.78 is 0. The summed E-state index contributed by atoms with van der Waals surface area (Å²) in [6.07, 6.45) is 5.10. The Bertz CT molecular complexity index is 1140. The second-order valence-corrected chi connectivity index (χ2v) is 7.77. The van der Waals surface area contributed by atoms with E-state index in [4.69, 9.17) is 5.73 Å². The summed E-state index contributed by atoms with van der Waals surface area (Å²) >= 11 is 0. The maximum absolute atomic E-state index is 13.2. The van der Waals surface area contributed by atoms with E-state index in [9.17, 15) is 14.4 Å². The molecule has 0 aliphatic rings. The first kappa shape index (κ1) is 23.7. The van der Waals surface area contributed by atoms with Crippen LogP contribution in [0.15, 0.2) is 78.9 Å². The van der Waals surface area contributed by atoms with Crippen molar-refractivity contribution in [3.8, 4) is 0 Å². The van der Waals surface area contributed by atoms with E-state index in [1.807, 2.05) is 61.5 Å². The Balaban J connectivity index is 1.90. The van der Waals surface area contributed by atoms with Crippen LogP contribution in [-0.2, 0) is 4.79 Å². The number of primary amides is 1. The molecule has 1 unspecified atom stereocenters. The van der Waals surface area contributed by atoms with Crippen molar-refractivity contribution in [2.45, 2.75) is 25.7 Å². The molecule has 3 rings (SSSR count). The van der Waals surface area contributed by atoms with Crippen molar-refractivity contribution in [3.05, 3.63) is 107 Å². The van der Waals surface area contributed by atoms with Crippen LogP contribution < -0.4 is 11.1 Å². The fraction of sp³-hybridized carbons (Fsp3) is 0.179. The van der Waals surface area contributed by atoms with Gasteiger partial charge in [0.05, 0.1) is 6.54 Å². The third-order valence-electron chi connectivity index (χ3n) is 5.45. The molecule has 0 fully saturated rings. The van der Waals surface area contributed by atoms with Gasteiger partial charge in [-0.3, -0.25) is 14.4 Å². The van der Waals surface area contributed by atoms with Gasteiger partial charge >= 0.3 is 0 Å². The number of hydrogen-bond acceptors (Lipinski definition) is 3. The molecule has 0 heterocycles. The fourth-order valence-electron chi connectivity index (χ4n) is 3.79. The topological polar surface area (TPSA) is 89.3 Å². The average molecular weight is 441 g/mol. The number of hydrogen-bond donors (Lipinski definition) is 2. The lowest BCUT2D eigenvalue weighted by atomic mass is 9.85. The molecule has 3 N–H and O–H groups in total. The van der Waals surface area contributed by atoms with Gasteiger partial charge in [0.1, 0.15) is 0 Å². The minimum atomic E-state index is -0.551. The molecule has 0 aliphatic heterocycles. The first-order valence-electron chi connectivity index (χ1n) is 11.0. The lowest BCUT2D eigenvalue weighted by Gasteiger charge is -2.20. The standard InChI is InChI=1S/C28H28N2O3/c1-2-10-24(26(31)19-30-28(33)21-13-7-4-8-14-21)22-15-9-16-25(27(29)32)23(22)18-17-20-11-5-3-6-12-20/h3-9,11-18,24H,2,10,19H2,1H3,(H2,29,32)(H,30,33)/b18-17+. The van der Waals surface area contributed by atoms with E-state index in [0.717, 1.165) is 17.5 Å². The Kier molecular flexibility index (Phi) is 8.30. The molecule has 0 saturated carbocycles. The summed E-state index contributed by atoms with van der Waals surface area (Å²) in [7, 11) is 0. The quantitative estimate of drug-likeness (QED) is 0.442. The Hall–Kier alpha value is -3.99. The Morgan fingerprint density at radius 1 is 0.879 bits per heavy atom. The largest absolute Gasteiger partial charge is 0.366 e. The van der Waals surface area contributed by atoms with E-state index in [-0.39, 0.29) is 18.2 Å². The summed E-state index contributed by atoms with van der Waals surface area (Å²) in [5.41, 5.74) is 8.85. The van der Waals surface area contributed by atoms with Crippen LogP contribution in [0.25, 0.3) is 12.2 Å². The molecule has 1 atom stereocenters. The van der Waals surface area contributed by atoms with Crippen molar-refractivity contribution >= 4 is 29.7 Å². The zero-order valence-corrected chi connectivity index (χ0v) is 18.7. The molecule has 3 aromatic rings. The van der Waals surface area contributed by atoms with Crippen LogP contribution in [-0.4, -0.2) is 24.1 Å². The SMILES string of the molecule is CCCC(C(=O)CNC(=O)c1ccccc1)c1cccc(C(N)=O)c1/C=C/c1ccccc1. The molecular weight excluding hydrogens is 412 g/mol. The number of Topliss-reactive ketones (excluding diaryl/α,β-unsaturated/α-hetero) is 1. The summed E-state index contributed by atoms with van der Waals surface area (Å²) in [6.45, 7) is 1.90. The molecule has 168 valence electrons. The van der Waals surface area contributed by atoms with Crippen LogP contribution in [0.1, 0.15) is 63.1 Å². The Morgan fingerprint density at radius 2 is 1.55 bits per heavy atom. The summed E-state index contributed by atoms with van der Waals surface area (Å²) in [5.74, 6) is -1.43. The number of carbonyl (C=O) groups excluding carboxylic acids is 3. The highest BCUT2D eigenvalue weighted by Gasteiger charge is 2.24. The van der Waals surface area contributed by atoms with E-state index in [1.165, 1.54) is 0 Å². The van der Waals surface area contributed by atoms with Gasteiger partial charge in [-0.1, -0.05) is 86.2 Å². The first-order chi connectivity index (χ1) is 16.0. The van der Waals surface area contributed by atoms with E-state index < -0.39 is 11.8 Å². The first-order valence-corrected chi connectivity index (χ1v) is 11.0. The van der Waals surface area contributed by atoms with E-state index in [1.54, 1.807) is 36.4 Å². The number of nitrogens with two attached hydrogens (primary N) is 1. The average Bonchev–Trinajstić information content (AvgIpc) is 2.85. The molecule has 0 spiro atoms. The third kappa shape index (κ3) is 6.26. The number of nitrogens with one attached hydrogen (secondary N) is 1. The molecule has 5 nitrogen and oxygen atoms in total. The van der Waals surface area contributed by atoms with Crippen LogP contribution in [0.4, 0.5) is 0 Å². The maximum atomic E-state index is 13.2. The van der Waals surface area contributed by atoms with Gasteiger partial charge in [-0.25, -0.2) is 0 Å². The van der Waals surface area contributed by atoms with Gasteiger partial charge in [0.25, 0.3) is 5.91 Å². The van der Waals surface area contributed by atoms with Crippen LogP contribution in [0.5, 0.6) is 0 Å².